The highest BCUT2D eigenvalue weighted by Gasteiger charge is 2.46. The normalized spacial score (nSPS) is 12.3. The zero-order chi connectivity index (χ0) is 66.5. The molecule has 5 heteroatoms. The topological polar surface area (TPSA) is 32.8 Å². The van der Waals surface area contributed by atoms with Gasteiger partial charge in [0.1, 0.15) is 22.3 Å². The van der Waals surface area contributed by atoms with Crippen molar-refractivity contribution in [1.82, 2.24) is 0 Å². The van der Waals surface area contributed by atoms with Gasteiger partial charge in [0.15, 0.2) is 0 Å². The quantitative estimate of drug-likeness (QED) is 0.121. The highest BCUT2D eigenvalue weighted by atomic mass is 16.3. The van der Waals surface area contributed by atoms with E-state index in [0.29, 0.717) is 0 Å². The van der Waals surface area contributed by atoms with Gasteiger partial charge in [0.05, 0.1) is 11.4 Å². The van der Waals surface area contributed by atoms with E-state index in [9.17, 15) is 0 Å². The second-order valence-electron chi connectivity index (χ2n) is 26.6. The molecule has 4 nitrogen and oxygen atoms in total. The zero-order valence-electron chi connectivity index (χ0n) is 55.0. The molecule has 0 radical (unpaired) electrons. The van der Waals surface area contributed by atoms with Crippen LogP contribution in [-0.4, -0.2) is 6.71 Å². The van der Waals surface area contributed by atoms with Gasteiger partial charge in [-0.3, -0.25) is 0 Å². The molecule has 0 N–H and O–H groups in total. The Labute approximate surface area is 586 Å². The molecule has 470 valence electrons. The lowest BCUT2D eigenvalue weighted by Gasteiger charge is -2.46. The van der Waals surface area contributed by atoms with Crippen molar-refractivity contribution in [2.45, 2.75) is 0 Å². The molecule has 0 atom stereocenters. The summed E-state index contributed by atoms with van der Waals surface area (Å²) in [6.07, 6.45) is 0. The average molecular weight is 1290 g/mol. The number of anilines is 6. The molecule has 20 rings (SSSR count). The van der Waals surface area contributed by atoms with E-state index in [0.717, 1.165) is 195 Å². The molecular formula is C96H61BN2O2. The molecule has 18 aromatic rings. The van der Waals surface area contributed by atoms with Crippen molar-refractivity contribution in [2.24, 2.45) is 0 Å². The van der Waals surface area contributed by atoms with Crippen LogP contribution in [0, 0.1) is 0 Å². The summed E-state index contributed by atoms with van der Waals surface area (Å²) in [5, 5.41) is 4.21. The summed E-state index contributed by atoms with van der Waals surface area (Å²) < 4.78 is 14.2. The maximum Gasteiger partial charge on any atom is 0.252 e. The Morgan fingerprint density at radius 1 is 0.188 bits per heavy atom. The number of benzene rings is 16. The van der Waals surface area contributed by atoms with Crippen molar-refractivity contribution in [3.05, 3.63) is 370 Å². The lowest BCUT2D eigenvalue weighted by Crippen LogP contribution is -2.61. The first-order valence-corrected chi connectivity index (χ1v) is 34.7. The van der Waals surface area contributed by atoms with Gasteiger partial charge < -0.3 is 18.6 Å². The second-order valence-corrected chi connectivity index (χ2v) is 26.6. The Hall–Kier alpha value is -13.2. The van der Waals surface area contributed by atoms with E-state index in [1.54, 1.807) is 0 Å². The van der Waals surface area contributed by atoms with Crippen molar-refractivity contribution in [3.8, 4) is 100 Å². The molecule has 2 aliphatic heterocycles. The first-order chi connectivity index (χ1) is 50.1. The van der Waals surface area contributed by atoms with Crippen LogP contribution in [0.2, 0.25) is 0 Å². The van der Waals surface area contributed by atoms with Crippen molar-refractivity contribution >= 4 is 101 Å². The lowest BCUT2D eigenvalue weighted by molar-refractivity contribution is 0.669. The van der Waals surface area contributed by atoms with Crippen LogP contribution in [0.25, 0.3) is 144 Å². The minimum atomic E-state index is -0.352. The first kappa shape index (κ1) is 58.0. The van der Waals surface area contributed by atoms with Gasteiger partial charge in [0.2, 0.25) is 0 Å². The molecule has 0 fully saturated rings. The van der Waals surface area contributed by atoms with Crippen molar-refractivity contribution in [1.29, 1.82) is 0 Å². The number of para-hydroxylation sites is 4. The number of rotatable bonds is 11. The molecule has 2 aliphatic rings. The molecule has 0 bridgehead atoms. The fraction of sp³-hybridized carbons (Fsp3) is 0. The monoisotopic (exact) mass is 1280 g/mol. The summed E-state index contributed by atoms with van der Waals surface area (Å²) in [7, 11) is 0. The third-order valence-corrected chi connectivity index (χ3v) is 20.8. The SMILES string of the molecule is c1ccc(-c2cccc(-c3cccc(-c4cccc(-c5ccccc5)c4)c3N3c4cc5c(cc4B4c6cc7oc8ccccc8c7cc6N(c6c(-c7cccc(-c8ccccc8)c7)cccc6-c6cccc(-c7ccccc7)c6)c6cc(-c7ccccc7)cc3c64)oc3ccccc35)c2)cc1. The summed E-state index contributed by atoms with van der Waals surface area (Å²) >= 11 is 0. The van der Waals surface area contributed by atoms with Gasteiger partial charge in [-0.2, -0.15) is 0 Å². The Kier molecular flexibility index (Phi) is 13.7. The number of fused-ring (bicyclic) bond motifs is 10. The van der Waals surface area contributed by atoms with Crippen LogP contribution in [0.15, 0.2) is 379 Å². The molecule has 0 spiro atoms. The molecule has 16 aromatic carbocycles. The van der Waals surface area contributed by atoms with E-state index < -0.39 is 0 Å². The van der Waals surface area contributed by atoms with Gasteiger partial charge in [-0.1, -0.05) is 297 Å². The number of furan rings is 2. The maximum absolute atomic E-state index is 7.12. The van der Waals surface area contributed by atoms with E-state index in [1.165, 1.54) is 0 Å². The molecular weight excluding hydrogens is 1220 g/mol. The number of nitrogens with zero attached hydrogens (tertiary/aromatic N) is 2. The van der Waals surface area contributed by atoms with E-state index >= 15 is 0 Å². The van der Waals surface area contributed by atoms with E-state index in [-0.39, 0.29) is 6.71 Å². The molecule has 0 saturated carbocycles. The summed E-state index contributed by atoms with van der Waals surface area (Å²) in [5.41, 5.74) is 33.2. The lowest BCUT2D eigenvalue weighted by atomic mass is 9.33. The Morgan fingerprint density at radius 3 is 0.802 bits per heavy atom. The average Bonchev–Trinajstić information content (AvgIpc) is 1.56. The number of hydrogen-bond acceptors (Lipinski definition) is 4. The van der Waals surface area contributed by atoms with Crippen LogP contribution < -0.4 is 26.2 Å². The van der Waals surface area contributed by atoms with E-state index in [1.807, 2.05) is 0 Å². The highest BCUT2D eigenvalue weighted by molar-refractivity contribution is 7.00. The van der Waals surface area contributed by atoms with Crippen LogP contribution in [0.4, 0.5) is 34.1 Å². The molecule has 101 heavy (non-hydrogen) atoms. The molecule has 4 heterocycles. The molecule has 0 amide bonds. The summed E-state index contributed by atoms with van der Waals surface area (Å²) in [6, 6.07) is 136. The van der Waals surface area contributed by atoms with Gasteiger partial charge in [-0.05, 0) is 167 Å². The summed E-state index contributed by atoms with van der Waals surface area (Å²) in [6.45, 7) is -0.352. The smallest absolute Gasteiger partial charge is 0.252 e. The van der Waals surface area contributed by atoms with Gasteiger partial charge in [-0.15, -0.1) is 0 Å². The third-order valence-electron chi connectivity index (χ3n) is 20.8. The first-order valence-electron chi connectivity index (χ1n) is 34.7. The van der Waals surface area contributed by atoms with Crippen molar-refractivity contribution in [2.75, 3.05) is 9.80 Å². The molecule has 0 unspecified atom stereocenters. The second kappa shape index (κ2) is 23.8. The summed E-state index contributed by atoms with van der Waals surface area (Å²) in [4.78, 5) is 5.30. The fourth-order valence-corrected chi connectivity index (χ4v) is 16.2. The summed E-state index contributed by atoms with van der Waals surface area (Å²) in [5.74, 6) is 0. The van der Waals surface area contributed by atoms with Gasteiger partial charge >= 0.3 is 0 Å². The Balaban J connectivity index is 0.955. The molecule has 0 aliphatic carbocycles. The highest BCUT2D eigenvalue weighted by Crippen LogP contribution is 2.55. The Bertz CT molecular complexity index is 5720. The van der Waals surface area contributed by atoms with Crippen LogP contribution in [0.3, 0.4) is 0 Å². The van der Waals surface area contributed by atoms with Crippen LogP contribution in [-0.2, 0) is 0 Å². The minimum Gasteiger partial charge on any atom is -0.456 e. The van der Waals surface area contributed by atoms with Gasteiger partial charge in [0, 0.05) is 66.5 Å². The molecule has 2 aromatic heterocycles. The van der Waals surface area contributed by atoms with E-state index in [2.05, 4.69) is 380 Å². The van der Waals surface area contributed by atoms with Crippen LogP contribution in [0.1, 0.15) is 0 Å². The predicted octanol–water partition coefficient (Wildman–Crippen LogP) is 24.6. The predicted molar refractivity (Wildman–Crippen MR) is 424 cm³/mol. The van der Waals surface area contributed by atoms with Crippen LogP contribution in [0.5, 0.6) is 0 Å². The molecule has 0 saturated heterocycles. The largest absolute Gasteiger partial charge is 0.456 e. The van der Waals surface area contributed by atoms with E-state index in [4.69, 9.17) is 8.83 Å². The standard InChI is InChI=1S/C96H61BN2O2/c1-6-26-62(27-7-1)67-36-20-40-71(52-67)76-46-24-47-77(72-41-21-37-68(53-72)63-28-8-2-9-29-63)95(76)98-86-58-82-80-44-16-18-50-90(80)100-92(82)60-84(86)97-85-61-93-83(81-45-17-19-51-91(81)101-93)59-87(85)99(89-57-75(56-88(98)94(89)97)66-34-14-5-15-35-66)96-78(73-42-22-38-69(54-73)64-30-10-3-11-31-64)48-25-49-79(96)74-43-23-39-70(55-74)65-32-12-4-13-33-65/h1-61H. The van der Waals surface area contributed by atoms with Crippen LogP contribution >= 0.6 is 0 Å². The zero-order valence-corrected chi connectivity index (χ0v) is 55.0. The van der Waals surface area contributed by atoms with Crippen molar-refractivity contribution < 1.29 is 8.83 Å². The van der Waals surface area contributed by atoms with Crippen molar-refractivity contribution in [3.63, 3.8) is 0 Å². The minimum absolute atomic E-state index is 0.352. The number of hydrogen-bond donors (Lipinski definition) is 0. The third kappa shape index (κ3) is 9.76. The Morgan fingerprint density at radius 2 is 0.465 bits per heavy atom. The fourth-order valence-electron chi connectivity index (χ4n) is 16.2. The maximum atomic E-state index is 7.12. The van der Waals surface area contributed by atoms with Gasteiger partial charge in [-0.25, -0.2) is 0 Å². The van der Waals surface area contributed by atoms with Gasteiger partial charge in [0.25, 0.3) is 6.71 Å².